The van der Waals surface area contributed by atoms with Crippen molar-refractivity contribution in [2.24, 2.45) is 0 Å². The number of hydrogen-bond acceptors (Lipinski definition) is 6. The average Bonchev–Trinajstić information content (AvgIpc) is 3.06. The number of aromatic nitrogens is 1. The molecule has 0 fully saturated rings. The average molecular weight is 409 g/mol. The minimum absolute atomic E-state index is 0.0376. The number of carbonyl (C=O) groups is 1. The number of rotatable bonds is 7. The molecule has 3 rings (SSSR count). The Balaban J connectivity index is 2.07. The van der Waals surface area contributed by atoms with E-state index in [0.29, 0.717) is 16.7 Å². The predicted molar refractivity (Wildman–Crippen MR) is 96.1 cm³/mol. The maximum Gasteiger partial charge on any atom is 0.387 e. The van der Waals surface area contributed by atoms with Gasteiger partial charge in [-0.2, -0.15) is 8.78 Å². The second-order valence-corrected chi connectivity index (χ2v) is 6.02. The molecule has 0 N–H and O–H groups in total. The van der Waals surface area contributed by atoms with Crippen molar-refractivity contribution in [1.29, 1.82) is 0 Å². The van der Waals surface area contributed by atoms with Crippen molar-refractivity contribution in [1.82, 2.24) is 4.98 Å². The molecule has 0 aliphatic carbocycles. The molecule has 0 radical (unpaired) electrons. The lowest BCUT2D eigenvalue weighted by atomic mass is 10.1. The number of carboxylic acid groups (broad SMARTS) is 1. The van der Waals surface area contributed by atoms with Gasteiger partial charge < -0.3 is 23.8 Å². The van der Waals surface area contributed by atoms with Crippen molar-refractivity contribution < 1.29 is 32.6 Å². The first kappa shape index (κ1) is 19.6. The van der Waals surface area contributed by atoms with Gasteiger partial charge in [0.1, 0.15) is 5.52 Å². The number of methoxy groups -OCH3 is 1. The molecule has 0 bridgehead atoms. The molecule has 1 heterocycles. The third kappa shape index (κ3) is 4.40. The van der Waals surface area contributed by atoms with Crippen LogP contribution >= 0.6 is 11.6 Å². The van der Waals surface area contributed by atoms with Gasteiger partial charge in [-0.25, -0.2) is 4.98 Å². The second-order valence-electron chi connectivity index (χ2n) is 5.62. The van der Waals surface area contributed by atoms with Gasteiger partial charge in [0, 0.05) is 18.0 Å². The first-order valence-electron chi connectivity index (χ1n) is 7.96. The third-order valence-electron chi connectivity index (χ3n) is 3.70. The smallest absolute Gasteiger partial charge is 0.387 e. The fraction of sp³-hybridized carbons (Fsp3) is 0.158. The van der Waals surface area contributed by atoms with Gasteiger partial charge in [0.15, 0.2) is 17.1 Å². The molecule has 0 unspecified atom stereocenters. The molecule has 0 atom stereocenters. The van der Waals surface area contributed by atoms with Gasteiger partial charge >= 0.3 is 6.61 Å². The number of aliphatic carboxylic acids is 1. The normalized spacial score (nSPS) is 11.8. The molecule has 9 heteroatoms. The Labute approximate surface area is 163 Å². The molecular formula is C19H13ClF2NO5-. The van der Waals surface area contributed by atoms with Crippen molar-refractivity contribution >= 4 is 40.3 Å². The van der Waals surface area contributed by atoms with E-state index in [1.165, 1.54) is 25.3 Å². The zero-order chi connectivity index (χ0) is 20.3. The fourth-order valence-electron chi connectivity index (χ4n) is 2.58. The zero-order valence-electron chi connectivity index (χ0n) is 14.4. The molecule has 0 saturated carbocycles. The summed E-state index contributed by atoms with van der Waals surface area (Å²) in [7, 11) is 1.26. The number of nitrogens with zero attached hydrogens (tertiary/aromatic N) is 1. The zero-order valence-corrected chi connectivity index (χ0v) is 15.2. The van der Waals surface area contributed by atoms with Crippen molar-refractivity contribution in [3.63, 3.8) is 0 Å². The number of ether oxygens (including phenoxy) is 2. The van der Waals surface area contributed by atoms with Crippen LogP contribution in [0.3, 0.4) is 0 Å². The number of benzene rings is 2. The Hall–Kier alpha value is -3.13. The molecule has 0 aliphatic rings. The summed E-state index contributed by atoms with van der Waals surface area (Å²) >= 11 is 6.02. The molecule has 28 heavy (non-hydrogen) atoms. The number of halogens is 3. The number of fused-ring (bicyclic) bond motifs is 1. The molecule has 0 saturated heterocycles. The van der Waals surface area contributed by atoms with Crippen LogP contribution in [0.5, 0.6) is 11.5 Å². The Bertz CT molecular complexity index is 1010. The predicted octanol–water partition coefficient (Wildman–Crippen LogP) is 3.77. The lowest BCUT2D eigenvalue weighted by molar-refractivity contribution is -0.304. The van der Waals surface area contributed by atoms with Crippen LogP contribution in [0.25, 0.3) is 22.7 Å². The molecule has 0 aliphatic heterocycles. The van der Waals surface area contributed by atoms with Gasteiger partial charge in [-0.3, -0.25) is 0 Å². The van der Waals surface area contributed by atoms with Gasteiger partial charge in [-0.05, 0) is 35.9 Å². The van der Waals surface area contributed by atoms with Gasteiger partial charge in [0.2, 0.25) is 5.89 Å². The quantitative estimate of drug-likeness (QED) is 0.591. The number of carbonyl (C=O) groups excluding carboxylic acids is 1. The van der Waals surface area contributed by atoms with Gasteiger partial charge in [-0.15, -0.1) is 0 Å². The highest BCUT2D eigenvalue weighted by Gasteiger charge is 2.17. The first-order chi connectivity index (χ1) is 13.4. The Morgan fingerprint density at radius 2 is 2.11 bits per heavy atom. The van der Waals surface area contributed by atoms with E-state index in [1.54, 1.807) is 24.3 Å². The Morgan fingerprint density at radius 1 is 1.36 bits per heavy atom. The largest absolute Gasteiger partial charge is 0.550 e. The molecule has 0 spiro atoms. The summed E-state index contributed by atoms with van der Waals surface area (Å²) in [4.78, 5) is 15.4. The summed E-state index contributed by atoms with van der Waals surface area (Å²) < 4.78 is 40.1. The van der Waals surface area contributed by atoms with E-state index in [9.17, 15) is 18.7 Å². The Kier molecular flexibility index (Phi) is 5.79. The molecule has 0 amide bonds. The van der Waals surface area contributed by atoms with E-state index < -0.39 is 19.0 Å². The minimum atomic E-state index is -3.08. The number of oxazole rings is 1. The standard InChI is InChI=1S/C19H14ClF2NO5/c1-26-15-8-10(7-12(20)17(15)28-19(21)22)6-11(9-16(24)25)18-23-13-4-2-3-5-14(13)27-18/h2-8,19H,9H2,1H3,(H,24,25)/p-1/b11-6+. The van der Waals surface area contributed by atoms with Crippen LogP contribution in [-0.4, -0.2) is 24.7 Å². The van der Waals surface area contributed by atoms with E-state index in [0.717, 1.165) is 0 Å². The maximum absolute atomic E-state index is 12.6. The van der Waals surface area contributed by atoms with Crippen LogP contribution in [-0.2, 0) is 4.79 Å². The summed E-state index contributed by atoms with van der Waals surface area (Å²) in [6.07, 6.45) is 0.961. The van der Waals surface area contributed by atoms with E-state index in [1.807, 2.05) is 0 Å². The van der Waals surface area contributed by atoms with Crippen molar-refractivity contribution in [2.75, 3.05) is 7.11 Å². The van der Waals surface area contributed by atoms with Gasteiger partial charge in [0.25, 0.3) is 0 Å². The number of para-hydroxylation sites is 2. The SMILES string of the molecule is COc1cc(/C=C(\CC(=O)[O-])c2nc3ccccc3o2)cc(Cl)c1OC(F)F. The summed E-state index contributed by atoms with van der Waals surface area (Å²) in [6.45, 7) is -3.08. The minimum Gasteiger partial charge on any atom is -0.550 e. The van der Waals surface area contributed by atoms with E-state index in [2.05, 4.69) is 9.72 Å². The fourth-order valence-corrected chi connectivity index (χ4v) is 2.84. The van der Waals surface area contributed by atoms with Gasteiger partial charge in [0.05, 0.1) is 12.1 Å². The van der Waals surface area contributed by atoms with E-state index in [4.69, 9.17) is 20.8 Å². The monoisotopic (exact) mass is 408 g/mol. The Morgan fingerprint density at radius 3 is 2.75 bits per heavy atom. The molecule has 1 aromatic heterocycles. The second kappa shape index (κ2) is 8.26. The number of hydrogen-bond donors (Lipinski definition) is 0. The van der Waals surface area contributed by atoms with Crippen LogP contribution in [0.15, 0.2) is 40.8 Å². The number of alkyl halides is 2. The topological polar surface area (TPSA) is 84.6 Å². The van der Waals surface area contributed by atoms with E-state index in [-0.39, 0.29) is 28.0 Å². The first-order valence-corrected chi connectivity index (χ1v) is 8.34. The van der Waals surface area contributed by atoms with Crippen LogP contribution < -0.4 is 14.6 Å². The number of carboxylic acids is 1. The van der Waals surface area contributed by atoms with Crippen LogP contribution in [0.1, 0.15) is 17.9 Å². The molecule has 2 aromatic carbocycles. The van der Waals surface area contributed by atoms with Crippen molar-refractivity contribution in [2.45, 2.75) is 13.0 Å². The molecule has 6 nitrogen and oxygen atoms in total. The molecular weight excluding hydrogens is 396 g/mol. The highest BCUT2D eigenvalue weighted by molar-refractivity contribution is 6.32. The molecule has 3 aromatic rings. The van der Waals surface area contributed by atoms with E-state index >= 15 is 0 Å². The highest BCUT2D eigenvalue weighted by atomic mass is 35.5. The van der Waals surface area contributed by atoms with Crippen molar-refractivity contribution in [3.8, 4) is 11.5 Å². The lowest BCUT2D eigenvalue weighted by Crippen LogP contribution is -2.22. The summed E-state index contributed by atoms with van der Waals surface area (Å²) in [6, 6.07) is 9.64. The van der Waals surface area contributed by atoms with Gasteiger partial charge in [-0.1, -0.05) is 23.7 Å². The highest BCUT2D eigenvalue weighted by Crippen LogP contribution is 2.38. The lowest BCUT2D eigenvalue weighted by Gasteiger charge is -2.13. The summed E-state index contributed by atoms with van der Waals surface area (Å²) in [5.41, 5.74) is 1.62. The summed E-state index contributed by atoms with van der Waals surface area (Å²) in [5.74, 6) is -1.61. The van der Waals surface area contributed by atoms with Crippen molar-refractivity contribution in [3.05, 3.63) is 52.9 Å². The van der Waals surface area contributed by atoms with Crippen LogP contribution in [0.4, 0.5) is 8.78 Å². The van der Waals surface area contributed by atoms with Crippen LogP contribution in [0.2, 0.25) is 5.02 Å². The third-order valence-corrected chi connectivity index (χ3v) is 3.98. The molecule has 146 valence electrons. The maximum atomic E-state index is 12.6. The summed E-state index contributed by atoms with van der Waals surface area (Å²) in [5, 5.41) is 11.0. The van der Waals surface area contributed by atoms with Crippen LogP contribution in [0, 0.1) is 0 Å².